The Balaban J connectivity index is 2.91. The summed E-state index contributed by atoms with van der Waals surface area (Å²) in [5, 5.41) is 20.0. The monoisotopic (exact) mass is 226 g/mol. The Kier molecular flexibility index (Phi) is 4.19. The van der Waals surface area contributed by atoms with Gasteiger partial charge in [-0.3, -0.25) is 0 Å². The molecule has 16 heavy (non-hydrogen) atoms. The molecule has 2 nitrogen and oxygen atoms in total. The predicted octanol–water partition coefficient (Wildman–Crippen LogP) is 2.75. The highest BCUT2D eigenvalue weighted by atomic mass is 16.3. The zero-order valence-corrected chi connectivity index (χ0v) is 11.2. The minimum Gasteiger partial charge on any atom is -0.393 e. The molecule has 94 valence electrons. The number of hydrogen-bond acceptors (Lipinski definition) is 2. The van der Waals surface area contributed by atoms with E-state index in [1.807, 2.05) is 6.92 Å². The van der Waals surface area contributed by atoms with Gasteiger partial charge in [-0.1, -0.05) is 32.4 Å². The summed E-state index contributed by atoms with van der Waals surface area (Å²) < 4.78 is 0. The number of aliphatic hydroxyl groups is 2. The lowest BCUT2D eigenvalue weighted by atomic mass is 9.64. The molecule has 0 radical (unpaired) electrons. The Morgan fingerprint density at radius 1 is 1.31 bits per heavy atom. The zero-order chi connectivity index (χ0) is 12.5. The summed E-state index contributed by atoms with van der Waals surface area (Å²) in [7, 11) is 0. The quantitative estimate of drug-likeness (QED) is 0.726. The molecule has 0 aromatic rings. The lowest BCUT2D eigenvalue weighted by Crippen LogP contribution is -2.43. The fourth-order valence-corrected chi connectivity index (χ4v) is 2.89. The van der Waals surface area contributed by atoms with Crippen LogP contribution in [-0.4, -0.2) is 22.4 Å². The van der Waals surface area contributed by atoms with Crippen molar-refractivity contribution in [2.24, 2.45) is 17.3 Å². The average Bonchev–Trinajstić information content (AvgIpc) is 2.14. The Hall–Kier alpha value is -0.340. The van der Waals surface area contributed by atoms with Crippen LogP contribution in [0.3, 0.4) is 0 Å². The Bertz CT molecular complexity index is 266. The number of aliphatic hydroxyl groups excluding tert-OH is 2. The third kappa shape index (κ3) is 2.67. The molecular formula is C14H26O2. The van der Waals surface area contributed by atoms with Crippen LogP contribution in [0.15, 0.2) is 11.6 Å². The molecule has 0 aliphatic heterocycles. The van der Waals surface area contributed by atoms with Crippen molar-refractivity contribution in [1.82, 2.24) is 0 Å². The first-order valence-electron chi connectivity index (χ1n) is 6.30. The van der Waals surface area contributed by atoms with Gasteiger partial charge < -0.3 is 10.2 Å². The van der Waals surface area contributed by atoms with E-state index in [0.29, 0.717) is 0 Å². The van der Waals surface area contributed by atoms with E-state index >= 15 is 0 Å². The molecule has 0 heterocycles. The molecule has 1 aliphatic rings. The van der Waals surface area contributed by atoms with Crippen LogP contribution < -0.4 is 0 Å². The van der Waals surface area contributed by atoms with E-state index < -0.39 is 12.2 Å². The molecule has 0 fully saturated rings. The first kappa shape index (κ1) is 13.7. The maximum atomic E-state index is 10.4. The second kappa shape index (κ2) is 4.89. The third-order valence-corrected chi connectivity index (χ3v) is 4.23. The molecule has 4 atom stereocenters. The molecule has 0 saturated heterocycles. The van der Waals surface area contributed by atoms with Crippen molar-refractivity contribution in [2.45, 2.75) is 59.7 Å². The minimum absolute atomic E-state index is 0.0780. The fraction of sp³-hybridized carbons (Fsp3) is 0.857. The van der Waals surface area contributed by atoms with Crippen molar-refractivity contribution < 1.29 is 10.2 Å². The van der Waals surface area contributed by atoms with Gasteiger partial charge in [0, 0.05) is 11.8 Å². The summed E-state index contributed by atoms with van der Waals surface area (Å²) in [6.07, 6.45) is 3.53. The summed E-state index contributed by atoms with van der Waals surface area (Å²) in [5.74, 6) is 0.0941. The van der Waals surface area contributed by atoms with E-state index in [4.69, 9.17) is 0 Å². The van der Waals surface area contributed by atoms with E-state index in [-0.39, 0.29) is 17.3 Å². The third-order valence-electron chi connectivity index (χ3n) is 4.23. The van der Waals surface area contributed by atoms with Crippen LogP contribution in [0, 0.1) is 17.3 Å². The molecule has 1 aliphatic carbocycles. The van der Waals surface area contributed by atoms with Crippen molar-refractivity contribution >= 4 is 0 Å². The van der Waals surface area contributed by atoms with E-state index in [0.717, 1.165) is 12.8 Å². The SMILES string of the molecule is CC1=CCCC(C)(C)C1C(O)C(C)C(C)O. The van der Waals surface area contributed by atoms with Crippen molar-refractivity contribution in [2.75, 3.05) is 0 Å². The van der Waals surface area contributed by atoms with Crippen LogP contribution in [0.5, 0.6) is 0 Å². The van der Waals surface area contributed by atoms with Gasteiger partial charge in [0.15, 0.2) is 0 Å². The highest BCUT2D eigenvalue weighted by Crippen LogP contribution is 2.44. The molecule has 1 rings (SSSR count). The minimum atomic E-state index is -0.458. The Morgan fingerprint density at radius 3 is 2.31 bits per heavy atom. The average molecular weight is 226 g/mol. The summed E-state index contributed by atoms with van der Waals surface area (Å²) in [6, 6.07) is 0. The molecule has 2 heteroatoms. The topological polar surface area (TPSA) is 40.5 Å². The van der Waals surface area contributed by atoms with Crippen LogP contribution in [-0.2, 0) is 0 Å². The lowest BCUT2D eigenvalue weighted by Gasteiger charge is -2.43. The van der Waals surface area contributed by atoms with Crippen LogP contribution >= 0.6 is 0 Å². The van der Waals surface area contributed by atoms with Gasteiger partial charge in [-0.2, -0.15) is 0 Å². The number of allylic oxidation sites excluding steroid dienone is 1. The highest BCUT2D eigenvalue weighted by Gasteiger charge is 2.40. The smallest absolute Gasteiger partial charge is 0.0660 e. The second-order valence-electron chi connectivity index (χ2n) is 6.04. The van der Waals surface area contributed by atoms with Gasteiger partial charge in [-0.25, -0.2) is 0 Å². The molecule has 0 saturated carbocycles. The number of hydrogen-bond donors (Lipinski definition) is 2. The van der Waals surface area contributed by atoms with Crippen molar-refractivity contribution in [3.63, 3.8) is 0 Å². The summed E-state index contributed by atoms with van der Waals surface area (Å²) >= 11 is 0. The summed E-state index contributed by atoms with van der Waals surface area (Å²) in [5.41, 5.74) is 1.40. The normalized spacial score (nSPS) is 30.4. The van der Waals surface area contributed by atoms with Crippen molar-refractivity contribution in [1.29, 1.82) is 0 Å². The van der Waals surface area contributed by atoms with Gasteiger partial charge >= 0.3 is 0 Å². The predicted molar refractivity (Wildman–Crippen MR) is 67.1 cm³/mol. The zero-order valence-electron chi connectivity index (χ0n) is 11.2. The maximum absolute atomic E-state index is 10.4. The van der Waals surface area contributed by atoms with Gasteiger partial charge in [0.2, 0.25) is 0 Å². The first-order chi connectivity index (χ1) is 7.27. The largest absolute Gasteiger partial charge is 0.393 e. The van der Waals surface area contributed by atoms with E-state index in [2.05, 4.69) is 26.8 Å². The molecule has 0 amide bonds. The molecule has 4 unspecified atom stereocenters. The standard InChI is InChI=1S/C14H26O2/c1-9-7-6-8-14(4,5)12(9)13(16)10(2)11(3)15/h7,10-13,15-16H,6,8H2,1-5H3. The van der Waals surface area contributed by atoms with Gasteiger partial charge in [0.05, 0.1) is 12.2 Å². The molecule has 0 bridgehead atoms. The Labute approximate surface area is 99.4 Å². The molecule has 0 aromatic heterocycles. The maximum Gasteiger partial charge on any atom is 0.0660 e. The van der Waals surface area contributed by atoms with Crippen LogP contribution in [0.4, 0.5) is 0 Å². The van der Waals surface area contributed by atoms with Crippen LogP contribution in [0.1, 0.15) is 47.5 Å². The molecule has 0 spiro atoms. The molecule has 0 aromatic carbocycles. The summed E-state index contributed by atoms with van der Waals surface area (Å²) in [6.45, 7) is 10.2. The van der Waals surface area contributed by atoms with E-state index in [1.165, 1.54) is 5.57 Å². The van der Waals surface area contributed by atoms with Crippen molar-refractivity contribution in [3.05, 3.63) is 11.6 Å². The summed E-state index contributed by atoms with van der Waals surface area (Å²) in [4.78, 5) is 0. The lowest BCUT2D eigenvalue weighted by molar-refractivity contribution is -0.0305. The van der Waals surface area contributed by atoms with Gasteiger partial charge in [-0.15, -0.1) is 0 Å². The Morgan fingerprint density at radius 2 is 1.88 bits per heavy atom. The molecule has 2 N–H and O–H groups in total. The number of rotatable bonds is 3. The molecular weight excluding hydrogens is 200 g/mol. The van der Waals surface area contributed by atoms with Crippen LogP contribution in [0.2, 0.25) is 0 Å². The van der Waals surface area contributed by atoms with E-state index in [9.17, 15) is 10.2 Å². The first-order valence-corrected chi connectivity index (χ1v) is 6.30. The van der Waals surface area contributed by atoms with Gasteiger partial charge in [0.1, 0.15) is 0 Å². The van der Waals surface area contributed by atoms with Gasteiger partial charge in [0.25, 0.3) is 0 Å². The second-order valence-corrected chi connectivity index (χ2v) is 6.04. The van der Waals surface area contributed by atoms with Gasteiger partial charge in [-0.05, 0) is 32.1 Å². The van der Waals surface area contributed by atoms with Crippen LogP contribution in [0.25, 0.3) is 0 Å². The van der Waals surface area contributed by atoms with Crippen molar-refractivity contribution in [3.8, 4) is 0 Å². The van der Waals surface area contributed by atoms with E-state index in [1.54, 1.807) is 6.92 Å². The highest BCUT2D eigenvalue weighted by molar-refractivity contribution is 5.14. The fourth-order valence-electron chi connectivity index (χ4n) is 2.89.